The highest BCUT2D eigenvalue weighted by Gasteiger charge is 1.84. The minimum atomic E-state index is -4.67. The molecule has 0 atom stereocenters. The first kappa shape index (κ1) is 47.3. The summed E-state index contributed by atoms with van der Waals surface area (Å²) in [5.74, 6) is 0. The van der Waals surface area contributed by atoms with Gasteiger partial charge in [-0.3, -0.25) is 13.9 Å². The standard InChI is InChI=1S/CH2O2.HNO3.4H3N.H2O4S/c2-1-3;2-1(3)4;;;;;1-5(2,3)4/h1H,(H,2,3);(H,2,3,4);4*1H3;(H2,1,2,3,4). The van der Waals surface area contributed by atoms with E-state index in [9.17, 15) is 0 Å². The Morgan fingerprint density at radius 2 is 1.06 bits per heavy atom. The summed E-state index contributed by atoms with van der Waals surface area (Å²) in [5, 5.41) is 20.5. The van der Waals surface area contributed by atoms with Crippen LogP contribution in [0.1, 0.15) is 0 Å². The van der Waals surface area contributed by atoms with Gasteiger partial charge in [0.2, 0.25) is 0 Å². The molecule has 0 aromatic carbocycles. The van der Waals surface area contributed by atoms with Gasteiger partial charge in [0.25, 0.3) is 11.6 Å². The van der Waals surface area contributed by atoms with Gasteiger partial charge in [0, 0.05) is 0 Å². The summed E-state index contributed by atoms with van der Waals surface area (Å²) in [4.78, 5) is 16.7. The molecule has 16 heavy (non-hydrogen) atoms. The Morgan fingerprint density at radius 1 is 1.06 bits per heavy atom. The van der Waals surface area contributed by atoms with Crippen molar-refractivity contribution in [3.8, 4) is 0 Å². The minimum absolute atomic E-state index is 0. The fourth-order valence-electron chi connectivity index (χ4n) is 0. The zero-order chi connectivity index (χ0) is 10.8. The highest BCUT2D eigenvalue weighted by atomic mass is 32.3. The summed E-state index contributed by atoms with van der Waals surface area (Å²) in [7, 11) is -4.67. The molecule has 0 radical (unpaired) electrons. The van der Waals surface area contributed by atoms with Crippen LogP contribution in [0.5, 0.6) is 0 Å². The maximum atomic E-state index is 8.74. The molecule has 0 aromatic rings. The van der Waals surface area contributed by atoms with Crippen LogP contribution in [0.3, 0.4) is 0 Å². The highest BCUT2D eigenvalue weighted by Crippen LogP contribution is 1.59. The molecule has 0 bridgehead atoms. The van der Waals surface area contributed by atoms with E-state index in [4.69, 9.17) is 42.7 Å². The van der Waals surface area contributed by atoms with E-state index in [0.717, 1.165) is 0 Å². The van der Waals surface area contributed by atoms with Crippen molar-refractivity contribution < 1.29 is 37.7 Å². The van der Waals surface area contributed by atoms with Crippen LogP contribution in [-0.4, -0.2) is 39.4 Å². The fraction of sp³-hybridized carbons (Fsp3) is 0. The second kappa shape index (κ2) is 29.2. The summed E-state index contributed by atoms with van der Waals surface area (Å²) in [5.41, 5.74) is 0. The van der Waals surface area contributed by atoms with E-state index in [0.29, 0.717) is 0 Å². The van der Waals surface area contributed by atoms with Crippen molar-refractivity contribution in [3.63, 3.8) is 0 Å². The second-order valence-electron chi connectivity index (χ2n) is 0.791. The lowest BCUT2D eigenvalue weighted by Crippen LogP contribution is -1.89. The van der Waals surface area contributed by atoms with Gasteiger partial charge in [0.1, 0.15) is 0 Å². The van der Waals surface area contributed by atoms with Crippen LogP contribution in [0.4, 0.5) is 0 Å². The second-order valence-corrected chi connectivity index (χ2v) is 1.69. The first-order chi connectivity index (χ1) is 5.15. The van der Waals surface area contributed by atoms with Crippen LogP contribution in [0.25, 0.3) is 0 Å². The first-order valence-electron chi connectivity index (χ1n) is 1.76. The fourth-order valence-corrected chi connectivity index (χ4v) is 0. The third-order valence-corrected chi connectivity index (χ3v) is 0. The van der Waals surface area contributed by atoms with Gasteiger partial charge >= 0.3 is 10.4 Å². The molecule has 0 saturated heterocycles. The Labute approximate surface area is 90.3 Å². The van der Waals surface area contributed by atoms with Crippen LogP contribution in [0, 0.1) is 10.1 Å². The lowest BCUT2D eigenvalue weighted by molar-refractivity contribution is -0.742. The first-order valence-corrected chi connectivity index (χ1v) is 3.15. The summed E-state index contributed by atoms with van der Waals surface area (Å²) >= 11 is 0. The van der Waals surface area contributed by atoms with E-state index in [1.165, 1.54) is 0 Å². The molecule has 0 aliphatic heterocycles. The van der Waals surface area contributed by atoms with Gasteiger partial charge in [0.15, 0.2) is 0 Å². The van der Waals surface area contributed by atoms with Crippen molar-refractivity contribution in [2.24, 2.45) is 0 Å². The number of carbonyl (C=O) groups is 1. The topological polar surface area (TPSA) is 315 Å². The molecule has 15 heteroatoms. The molecule has 0 heterocycles. The Balaban J connectivity index is -0.0000000138. The monoisotopic (exact) mass is 275 g/mol. The van der Waals surface area contributed by atoms with Crippen LogP contribution >= 0.6 is 0 Å². The average Bonchev–Trinajstić information content (AvgIpc) is 1.56. The normalized spacial score (nSPS) is 5.88. The van der Waals surface area contributed by atoms with Gasteiger partial charge in [-0.05, 0) is 0 Å². The summed E-state index contributed by atoms with van der Waals surface area (Å²) in [6.07, 6.45) is 0. The van der Waals surface area contributed by atoms with Crippen LogP contribution in [0.2, 0.25) is 0 Å². The molecule has 0 aliphatic carbocycles. The molecular weight excluding hydrogens is 258 g/mol. The van der Waals surface area contributed by atoms with Crippen molar-refractivity contribution in [3.05, 3.63) is 10.1 Å². The Bertz CT molecular complexity index is 200. The van der Waals surface area contributed by atoms with Gasteiger partial charge < -0.3 is 34.9 Å². The summed E-state index contributed by atoms with van der Waals surface area (Å²) < 4.78 is 31.6. The van der Waals surface area contributed by atoms with E-state index >= 15 is 0 Å². The van der Waals surface area contributed by atoms with Crippen LogP contribution in [-0.2, 0) is 15.2 Å². The lowest BCUT2D eigenvalue weighted by atomic mass is 11.7. The third kappa shape index (κ3) is 611. The molecule has 0 spiro atoms. The molecule has 14 nitrogen and oxygen atoms in total. The highest BCUT2D eigenvalue weighted by molar-refractivity contribution is 7.79. The molecule has 16 N–H and O–H groups in total. The molecule has 0 amide bonds. The zero-order valence-corrected chi connectivity index (χ0v) is 8.91. The molecule has 0 saturated carbocycles. The van der Waals surface area contributed by atoms with Crippen molar-refractivity contribution in [2.45, 2.75) is 0 Å². The molecule has 0 aliphatic rings. The smallest absolute Gasteiger partial charge is 0.394 e. The van der Waals surface area contributed by atoms with E-state index in [2.05, 4.69) is 0 Å². The molecular formula is CH17N5O9S. The van der Waals surface area contributed by atoms with Gasteiger partial charge in [-0.2, -0.15) is 8.42 Å². The SMILES string of the molecule is N.N.N.N.O=CO.O=S(=O)(O)O.O=[N+]([O-])O. The van der Waals surface area contributed by atoms with Crippen LogP contribution in [0.15, 0.2) is 0 Å². The molecule has 0 unspecified atom stereocenters. The van der Waals surface area contributed by atoms with E-state index in [1.54, 1.807) is 0 Å². The van der Waals surface area contributed by atoms with Crippen molar-refractivity contribution >= 4 is 16.9 Å². The maximum absolute atomic E-state index is 8.74. The predicted molar refractivity (Wildman–Crippen MR) is 51.7 cm³/mol. The number of carboxylic acid groups (broad SMARTS) is 1. The number of nitrogens with zero attached hydrogens (tertiary/aromatic N) is 1. The Morgan fingerprint density at radius 3 is 1.06 bits per heavy atom. The predicted octanol–water partition coefficient (Wildman–Crippen LogP) is -0.652. The van der Waals surface area contributed by atoms with Gasteiger partial charge in [-0.15, -0.1) is 10.1 Å². The lowest BCUT2D eigenvalue weighted by Gasteiger charge is -1.68. The number of hydrogen-bond acceptors (Lipinski definition) is 9. The van der Waals surface area contributed by atoms with Crippen LogP contribution < -0.4 is 24.6 Å². The van der Waals surface area contributed by atoms with Crippen molar-refractivity contribution in [1.82, 2.24) is 24.6 Å². The Kier molecular flexibility index (Phi) is 86.3. The summed E-state index contributed by atoms with van der Waals surface area (Å²) in [6.45, 7) is -0.250. The zero-order valence-electron chi connectivity index (χ0n) is 8.09. The molecule has 0 fully saturated rings. The van der Waals surface area contributed by atoms with Gasteiger partial charge in [-0.1, -0.05) is 0 Å². The van der Waals surface area contributed by atoms with E-state index in [1.807, 2.05) is 0 Å². The molecule has 0 aromatic heterocycles. The van der Waals surface area contributed by atoms with Crippen molar-refractivity contribution in [1.29, 1.82) is 0 Å². The van der Waals surface area contributed by atoms with E-state index < -0.39 is 15.5 Å². The Hall–Kier alpha value is -1.62. The largest absolute Gasteiger partial charge is 0.483 e. The van der Waals surface area contributed by atoms with Gasteiger partial charge in [0.05, 0.1) is 0 Å². The minimum Gasteiger partial charge on any atom is -0.483 e. The third-order valence-electron chi connectivity index (χ3n) is 0. The van der Waals surface area contributed by atoms with Crippen molar-refractivity contribution in [2.75, 3.05) is 0 Å². The maximum Gasteiger partial charge on any atom is 0.394 e. The average molecular weight is 275 g/mol. The quantitative estimate of drug-likeness (QED) is 0.118. The van der Waals surface area contributed by atoms with E-state index in [-0.39, 0.29) is 31.1 Å². The van der Waals surface area contributed by atoms with Gasteiger partial charge in [-0.25, -0.2) is 0 Å². The number of hydrogen-bond donors (Lipinski definition) is 8. The molecule has 106 valence electrons. The number of rotatable bonds is 0. The molecule has 0 rings (SSSR count). The summed E-state index contributed by atoms with van der Waals surface area (Å²) in [6, 6.07) is 0.